The van der Waals surface area contributed by atoms with Crippen LogP contribution in [0.2, 0.25) is 5.02 Å². The van der Waals surface area contributed by atoms with Crippen LogP contribution in [0.5, 0.6) is 5.75 Å². The van der Waals surface area contributed by atoms with Crippen molar-refractivity contribution in [3.05, 3.63) is 64.4 Å². The van der Waals surface area contributed by atoms with Gasteiger partial charge in [0, 0.05) is 23.7 Å². The normalized spacial score (nSPS) is 14.3. The lowest BCUT2D eigenvalue weighted by molar-refractivity contribution is -0.148. The molecule has 8 heteroatoms. The van der Waals surface area contributed by atoms with E-state index in [2.05, 4.69) is 0 Å². The molecule has 2 aromatic rings. The summed E-state index contributed by atoms with van der Waals surface area (Å²) in [6.07, 6.45) is 0.880. The molecule has 0 aliphatic carbocycles. The van der Waals surface area contributed by atoms with E-state index in [1.807, 2.05) is 0 Å². The zero-order valence-corrected chi connectivity index (χ0v) is 17.2. The summed E-state index contributed by atoms with van der Waals surface area (Å²) in [5, 5.41) is 0.554. The van der Waals surface area contributed by atoms with Gasteiger partial charge in [0.2, 0.25) is 5.78 Å². The molecular formula is C22H21ClFNO5. The summed E-state index contributed by atoms with van der Waals surface area (Å²) < 4.78 is 23.6. The monoisotopic (exact) mass is 433 g/mol. The summed E-state index contributed by atoms with van der Waals surface area (Å²) in [7, 11) is 1.37. The van der Waals surface area contributed by atoms with E-state index < -0.39 is 30.1 Å². The standard InChI is InChI=1S/C22H21ClFNO5/c1-29-20-7-6-17(24)12-18(20)19(26)13-30-22(28)15-8-10-25(11-9-15)21(27)14-2-4-16(23)5-3-14/h2-7,12,15H,8-11,13H2,1H3. The van der Waals surface area contributed by atoms with E-state index in [4.69, 9.17) is 21.1 Å². The van der Waals surface area contributed by atoms with Gasteiger partial charge in [0.05, 0.1) is 18.6 Å². The van der Waals surface area contributed by atoms with Crippen LogP contribution in [0.3, 0.4) is 0 Å². The predicted octanol–water partition coefficient (Wildman–Crippen LogP) is 3.77. The first kappa shape index (κ1) is 21.8. The van der Waals surface area contributed by atoms with Crippen LogP contribution in [0.4, 0.5) is 4.39 Å². The first-order valence-electron chi connectivity index (χ1n) is 9.47. The number of hydrogen-bond donors (Lipinski definition) is 0. The molecule has 0 spiro atoms. The molecule has 0 saturated carbocycles. The number of rotatable bonds is 6. The van der Waals surface area contributed by atoms with E-state index in [9.17, 15) is 18.8 Å². The third-order valence-electron chi connectivity index (χ3n) is 5.01. The number of carbonyl (C=O) groups is 3. The van der Waals surface area contributed by atoms with Crippen molar-refractivity contribution < 1.29 is 28.2 Å². The SMILES string of the molecule is COc1ccc(F)cc1C(=O)COC(=O)C1CCN(C(=O)c2ccc(Cl)cc2)CC1. The molecule has 1 amide bonds. The van der Waals surface area contributed by atoms with Crippen molar-refractivity contribution >= 4 is 29.3 Å². The second kappa shape index (κ2) is 9.71. The number of ketones is 1. The van der Waals surface area contributed by atoms with Gasteiger partial charge in [-0.05, 0) is 55.3 Å². The Kier molecular flexibility index (Phi) is 7.05. The third-order valence-corrected chi connectivity index (χ3v) is 5.27. The molecule has 0 radical (unpaired) electrons. The van der Waals surface area contributed by atoms with Crippen LogP contribution in [-0.2, 0) is 9.53 Å². The van der Waals surface area contributed by atoms with Crippen molar-refractivity contribution in [3.63, 3.8) is 0 Å². The molecule has 0 aromatic heterocycles. The maximum absolute atomic E-state index is 13.4. The first-order valence-corrected chi connectivity index (χ1v) is 9.85. The smallest absolute Gasteiger partial charge is 0.309 e. The number of benzene rings is 2. The molecule has 158 valence electrons. The van der Waals surface area contributed by atoms with Gasteiger partial charge >= 0.3 is 5.97 Å². The Morgan fingerprint density at radius 1 is 1.10 bits per heavy atom. The zero-order chi connectivity index (χ0) is 21.7. The lowest BCUT2D eigenvalue weighted by atomic mass is 9.96. The van der Waals surface area contributed by atoms with Crippen molar-refractivity contribution in [2.75, 3.05) is 26.8 Å². The average molecular weight is 434 g/mol. The predicted molar refractivity (Wildman–Crippen MR) is 108 cm³/mol. The minimum Gasteiger partial charge on any atom is -0.496 e. The minimum absolute atomic E-state index is 0.0219. The molecular weight excluding hydrogens is 413 g/mol. The second-order valence-corrected chi connectivity index (χ2v) is 7.39. The molecule has 0 atom stereocenters. The average Bonchev–Trinajstić information content (AvgIpc) is 2.77. The molecule has 30 heavy (non-hydrogen) atoms. The fourth-order valence-electron chi connectivity index (χ4n) is 3.32. The number of methoxy groups -OCH3 is 1. The highest BCUT2D eigenvalue weighted by Gasteiger charge is 2.29. The topological polar surface area (TPSA) is 72.9 Å². The number of hydrogen-bond acceptors (Lipinski definition) is 5. The molecule has 1 aliphatic heterocycles. The molecule has 1 heterocycles. The van der Waals surface area contributed by atoms with E-state index in [1.165, 1.54) is 19.2 Å². The Morgan fingerprint density at radius 2 is 1.77 bits per heavy atom. The van der Waals surface area contributed by atoms with Gasteiger partial charge in [-0.25, -0.2) is 4.39 Å². The Balaban J connectivity index is 1.51. The minimum atomic E-state index is -0.580. The van der Waals surface area contributed by atoms with Gasteiger partial charge in [-0.2, -0.15) is 0 Å². The maximum Gasteiger partial charge on any atom is 0.309 e. The van der Waals surface area contributed by atoms with Gasteiger partial charge in [-0.15, -0.1) is 0 Å². The maximum atomic E-state index is 13.4. The van der Waals surface area contributed by atoms with Gasteiger partial charge < -0.3 is 14.4 Å². The number of halogens is 2. The van der Waals surface area contributed by atoms with Gasteiger partial charge in [0.25, 0.3) is 5.91 Å². The molecule has 2 aromatic carbocycles. The molecule has 1 fully saturated rings. The van der Waals surface area contributed by atoms with Crippen molar-refractivity contribution in [2.45, 2.75) is 12.8 Å². The lowest BCUT2D eigenvalue weighted by Crippen LogP contribution is -2.40. The summed E-state index contributed by atoms with van der Waals surface area (Å²) in [6, 6.07) is 10.2. The van der Waals surface area contributed by atoms with Crippen molar-refractivity contribution in [3.8, 4) is 5.75 Å². The highest BCUT2D eigenvalue weighted by molar-refractivity contribution is 6.30. The van der Waals surface area contributed by atoms with Crippen LogP contribution < -0.4 is 4.74 Å². The number of likely N-dealkylation sites (tertiary alicyclic amines) is 1. The van der Waals surface area contributed by atoms with Crippen LogP contribution in [0.25, 0.3) is 0 Å². The van der Waals surface area contributed by atoms with E-state index in [1.54, 1.807) is 29.2 Å². The number of ether oxygens (including phenoxy) is 2. The lowest BCUT2D eigenvalue weighted by Gasteiger charge is -2.31. The summed E-state index contributed by atoms with van der Waals surface area (Å²) in [5.74, 6) is -1.93. The van der Waals surface area contributed by atoms with E-state index in [-0.39, 0.29) is 17.2 Å². The molecule has 0 N–H and O–H groups in total. The van der Waals surface area contributed by atoms with E-state index >= 15 is 0 Å². The fraction of sp³-hybridized carbons (Fsp3) is 0.318. The van der Waals surface area contributed by atoms with Gasteiger partial charge in [-0.3, -0.25) is 14.4 Å². The van der Waals surface area contributed by atoms with Crippen LogP contribution in [0.15, 0.2) is 42.5 Å². The van der Waals surface area contributed by atoms with E-state index in [0.29, 0.717) is 36.5 Å². The Morgan fingerprint density at radius 3 is 2.40 bits per heavy atom. The number of nitrogens with zero attached hydrogens (tertiary/aromatic N) is 1. The number of Topliss-reactive ketones (excluding diaryl/α,β-unsaturated/α-hetero) is 1. The largest absolute Gasteiger partial charge is 0.496 e. The molecule has 1 saturated heterocycles. The van der Waals surface area contributed by atoms with Gasteiger partial charge in [0.15, 0.2) is 6.61 Å². The molecule has 0 bridgehead atoms. The molecule has 6 nitrogen and oxygen atoms in total. The Hall–Kier alpha value is -2.93. The Bertz CT molecular complexity index is 939. The van der Waals surface area contributed by atoms with Crippen molar-refractivity contribution in [1.82, 2.24) is 4.90 Å². The second-order valence-electron chi connectivity index (χ2n) is 6.95. The summed E-state index contributed by atoms with van der Waals surface area (Å²) in [5.41, 5.74) is 0.559. The third kappa shape index (κ3) is 5.16. The summed E-state index contributed by atoms with van der Waals surface area (Å²) in [4.78, 5) is 38.8. The number of piperidine rings is 1. The Labute approximate surface area is 178 Å². The summed E-state index contributed by atoms with van der Waals surface area (Å²) >= 11 is 5.85. The molecule has 1 aliphatic rings. The van der Waals surface area contributed by atoms with Gasteiger partial charge in [-0.1, -0.05) is 11.6 Å². The molecule has 3 rings (SSSR count). The highest BCUT2D eigenvalue weighted by atomic mass is 35.5. The van der Waals surface area contributed by atoms with Crippen LogP contribution in [-0.4, -0.2) is 49.4 Å². The number of amides is 1. The number of carbonyl (C=O) groups excluding carboxylic acids is 3. The first-order chi connectivity index (χ1) is 14.4. The fourth-order valence-corrected chi connectivity index (χ4v) is 3.45. The van der Waals surface area contributed by atoms with Crippen molar-refractivity contribution in [2.24, 2.45) is 5.92 Å². The van der Waals surface area contributed by atoms with Gasteiger partial charge in [0.1, 0.15) is 11.6 Å². The quantitative estimate of drug-likeness (QED) is 0.512. The van der Waals surface area contributed by atoms with Crippen LogP contribution >= 0.6 is 11.6 Å². The van der Waals surface area contributed by atoms with Crippen LogP contribution in [0, 0.1) is 11.7 Å². The van der Waals surface area contributed by atoms with Crippen LogP contribution in [0.1, 0.15) is 33.6 Å². The number of esters is 1. The highest BCUT2D eigenvalue weighted by Crippen LogP contribution is 2.23. The molecule has 0 unspecified atom stereocenters. The summed E-state index contributed by atoms with van der Waals surface area (Å²) in [6.45, 7) is 0.322. The van der Waals surface area contributed by atoms with Crippen molar-refractivity contribution in [1.29, 1.82) is 0 Å². The van der Waals surface area contributed by atoms with E-state index in [0.717, 1.165) is 6.07 Å². The zero-order valence-electron chi connectivity index (χ0n) is 16.4.